The first-order valence-corrected chi connectivity index (χ1v) is 9.58. The van der Waals surface area contributed by atoms with E-state index >= 15 is 0 Å². The lowest BCUT2D eigenvalue weighted by molar-refractivity contribution is -0.137. The number of carbonyl (C=O) groups excluding carboxylic acids is 1. The van der Waals surface area contributed by atoms with Crippen LogP contribution in [0.3, 0.4) is 0 Å². The summed E-state index contributed by atoms with van der Waals surface area (Å²) in [6, 6.07) is 13.7. The van der Waals surface area contributed by atoms with E-state index in [1.807, 2.05) is 19.9 Å². The second-order valence-electron chi connectivity index (χ2n) is 7.35. The van der Waals surface area contributed by atoms with Crippen LogP contribution in [0, 0.1) is 5.92 Å². The number of hydrogen-bond donors (Lipinski definition) is 0. The summed E-state index contributed by atoms with van der Waals surface area (Å²) >= 11 is 0. The molecule has 1 aromatic heterocycles. The molecule has 0 N–H and O–H groups in total. The molecule has 0 radical (unpaired) electrons. The molecule has 3 rings (SSSR count). The highest BCUT2D eigenvalue weighted by atomic mass is 19.4. The van der Waals surface area contributed by atoms with Gasteiger partial charge in [0.2, 0.25) is 11.7 Å². The van der Waals surface area contributed by atoms with Crippen LogP contribution in [0.4, 0.5) is 13.2 Å². The van der Waals surface area contributed by atoms with Crippen molar-refractivity contribution in [2.75, 3.05) is 13.1 Å². The molecule has 0 atom stereocenters. The van der Waals surface area contributed by atoms with E-state index in [-0.39, 0.29) is 29.1 Å². The molecule has 0 spiro atoms. The second-order valence-corrected chi connectivity index (χ2v) is 7.35. The maximum Gasteiger partial charge on any atom is 0.416 e. The number of amides is 1. The van der Waals surface area contributed by atoms with Crippen LogP contribution in [0.25, 0.3) is 11.4 Å². The molecule has 0 aliphatic carbocycles. The lowest BCUT2D eigenvalue weighted by Crippen LogP contribution is -2.36. The van der Waals surface area contributed by atoms with Crippen LogP contribution in [0.15, 0.2) is 59.1 Å². The molecule has 0 saturated heterocycles. The van der Waals surface area contributed by atoms with Gasteiger partial charge in [-0.1, -0.05) is 49.3 Å². The molecule has 8 heteroatoms. The summed E-state index contributed by atoms with van der Waals surface area (Å²) in [4.78, 5) is 18.7. The monoisotopic (exact) mass is 417 g/mol. The van der Waals surface area contributed by atoms with Gasteiger partial charge >= 0.3 is 6.18 Å². The predicted octanol–water partition coefficient (Wildman–Crippen LogP) is 5.10. The fourth-order valence-electron chi connectivity index (χ4n) is 3.02. The Morgan fingerprint density at radius 3 is 2.50 bits per heavy atom. The fraction of sp³-hybridized carbons (Fsp3) is 0.318. The maximum absolute atomic E-state index is 12.9. The molecule has 0 fully saturated rings. The first-order valence-electron chi connectivity index (χ1n) is 9.58. The summed E-state index contributed by atoms with van der Waals surface area (Å²) in [5.41, 5.74) is 0.0375. The zero-order valence-corrected chi connectivity index (χ0v) is 16.7. The Bertz CT molecular complexity index is 985. The molecule has 2 aromatic carbocycles. The maximum atomic E-state index is 12.9. The van der Waals surface area contributed by atoms with Gasteiger partial charge in [0.25, 0.3) is 5.91 Å². The third-order valence-electron chi connectivity index (χ3n) is 4.41. The molecule has 5 nitrogen and oxygen atoms in total. The van der Waals surface area contributed by atoms with Gasteiger partial charge in [0.15, 0.2) is 0 Å². The van der Waals surface area contributed by atoms with Crippen molar-refractivity contribution in [1.82, 2.24) is 15.0 Å². The Hall–Kier alpha value is -3.16. The van der Waals surface area contributed by atoms with Crippen molar-refractivity contribution in [3.8, 4) is 11.4 Å². The van der Waals surface area contributed by atoms with E-state index in [1.54, 1.807) is 29.2 Å². The number of benzene rings is 2. The summed E-state index contributed by atoms with van der Waals surface area (Å²) in [7, 11) is 0. The van der Waals surface area contributed by atoms with Gasteiger partial charge in [-0.2, -0.15) is 18.2 Å². The summed E-state index contributed by atoms with van der Waals surface area (Å²) in [5.74, 6) is 0.515. The predicted molar refractivity (Wildman–Crippen MR) is 106 cm³/mol. The molecule has 0 aliphatic rings. The SMILES string of the molecule is CC(C)CN(CCc1nc(-c2cccc(C(F)(F)F)c2)no1)C(=O)c1ccccc1. The zero-order valence-electron chi connectivity index (χ0n) is 16.7. The van der Waals surface area contributed by atoms with Crippen LogP contribution in [-0.4, -0.2) is 34.0 Å². The van der Waals surface area contributed by atoms with E-state index in [1.165, 1.54) is 12.1 Å². The molecule has 158 valence electrons. The summed E-state index contributed by atoms with van der Waals surface area (Å²) in [6.07, 6.45) is -4.14. The molecule has 0 unspecified atom stereocenters. The quantitative estimate of drug-likeness (QED) is 0.537. The van der Waals surface area contributed by atoms with Crippen molar-refractivity contribution in [1.29, 1.82) is 0 Å². The topological polar surface area (TPSA) is 59.2 Å². The Kier molecular flexibility index (Phi) is 6.54. The number of carbonyl (C=O) groups is 1. The van der Waals surface area contributed by atoms with E-state index in [0.717, 1.165) is 12.1 Å². The smallest absolute Gasteiger partial charge is 0.339 e. The van der Waals surface area contributed by atoms with Gasteiger partial charge in [0.1, 0.15) is 0 Å². The second kappa shape index (κ2) is 9.11. The van der Waals surface area contributed by atoms with Crippen LogP contribution in [0.1, 0.15) is 35.7 Å². The first-order chi connectivity index (χ1) is 14.2. The number of hydrogen-bond acceptors (Lipinski definition) is 4. The van der Waals surface area contributed by atoms with Gasteiger partial charge < -0.3 is 9.42 Å². The third-order valence-corrected chi connectivity index (χ3v) is 4.41. The number of rotatable bonds is 7. The number of halogens is 3. The molecule has 30 heavy (non-hydrogen) atoms. The molecular formula is C22H22F3N3O2. The van der Waals surface area contributed by atoms with E-state index in [4.69, 9.17) is 4.52 Å². The van der Waals surface area contributed by atoms with Crippen LogP contribution in [0.2, 0.25) is 0 Å². The third kappa shape index (κ3) is 5.46. The minimum atomic E-state index is -4.45. The fourth-order valence-corrected chi connectivity index (χ4v) is 3.02. The normalized spacial score (nSPS) is 11.7. The standard InChI is InChI=1S/C22H22F3N3O2/c1-15(2)14-28(21(29)16-7-4-3-5-8-16)12-11-19-26-20(27-30-19)17-9-6-10-18(13-17)22(23,24)25/h3-10,13,15H,11-12,14H2,1-2H3. The van der Waals surface area contributed by atoms with Crippen molar-refractivity contribution < 1.29 is 22.5 Å². The van der Waals surface area contributed by atoms with E-state index < -0.39 is 11.7 Å². The van der Waals surface area contributed by atoms with Crippen LogP contribution < -0.4 is 0 Å². The Morgan fingerprint density at radius 1 is 1.10 bits per heavy atom. The van der Waals surface area contributed by atoms with E-state index in [0.29, 0.717) is 25.1 Å². The van der Waals surface area contributed by atoms with Crippen LogP contribution in [-0.2, 0) is 12.6 Å². The van der Waals surface area contributed by atoms with Gasteiger partial charge in [-0.25, -0.2) is 0 Å². The number of aromatic nitrogens is 2. The summed E-state index contributed by atoms with van der Waals surface area (Å²) in [6.45, 7) is 4.95. The first kappa shape index (κ1) is 21.5. The summed E-state index contributed by atoms with van der Waals surface area (Å²) < 4.78 is 44.0. The molecule has 3 aromatic rings. The Labute approximate surface area is 172 Å². The largest absolute Gasteiger partial charge is 0.416 e. The molecule has 1 heterocycles. The van der Waals surface area contributed by atoms with Gasteiger partial charge in [0, 0.05) is 30.6 Å². The Morgan fingerprint density at radius 2 is 1.83 bits per heavy atom. The van der Waals surface area contributed by atoms with Crippen LogP contribution >= 0.6 is 0 Å². The van der Waals surface area contributed by atoms with Crippen molar-refractivity contribution in [2.45, 2.75) is 26.4 Å². The van der Waals surface area contributed by atoms with Gasteiger partial charge in [0.05, 0.1) is 5.56 Å². The molecule has 0 saturated carbocycles. The van der Waals surface area contributed by atoms with Crippen LogP contribution in [0.5, 0.6) is 0 Å². The van der Waals surface area contributed by atoms with Crippen molar-refractivity contribution in [3.63, 3.8) is 0 Å². The molecule has 0 bridgehead atoms. The number of nitrogens with zero attached hydrogens (tertiary/aromatic N) is 3. The average Bonchev–Trinajstić information content (AvgIpc) is 3.19. The van der Waals surface area contributed by atoms with Gasteiger partial charge in [-0.3, -0.25) is 4.79 Å². The number of alkyl halides is 3. The highest BCUT2D eigenvalue weighted by Gasteiger charge is 2.30. The van der Waals surface area contributed by atoms with Gasteiger partial charge in [-0.05, 0) is 30.2 Å². The van der Waals surface area contributed by atoms with Gasteiger partial charge in [-0.15, -0.1) is 0 Å². The highest BCUT2D eigenvalue weighted by Crippen LogP contribution is 2.31. The van der Waals surface area contributed by atoms with Crippen molar-refractivity contribution in [3.05, 3.63) is 71.6 Å². The minimum Gasteiger partial charge on any atom is -0.339 e. The Balaban J connectivity index is 1.72. The van der Waals surface area contributed by atoms with Crippen molar-refractivity contribution >= 4 is 5.91 Å². The zero-order chi connectivity index (χ0) is 21.7. The van der Waals surface area contributed by atoms with Crippen molar-refractivity contribution in [2.24, 2.45) is 5.92 Å². The lowest BCUT2D eigenvalue weighted by atomic mass is 10.1. The minimum absolute atomic E-state index is 0.0842. The van der Waals surface area contributed by atoms with E-state index in [2.05, 4.69) is 10.1 Å². The van der Waals surface area contributed by atoms with E-state index in [9.17, 15) is 18.0 Å². The molecule has 1 amide bonds. The molecular weight excluding hydrogens is 395 g/mol. The highest BCUT2D eigenvalue weighted by molar-refractivity contribution is 5.94. The summed E-state index contributed by atoms with van der Waals surface area (Å²) in [5, 5.41) is 3.79. The lowest BCUT2D eigenvalue weighted by Gasteiger charge is -2.24. The molecule has 0 aliphatic heterocycles. The average molecular weight is 417 g/mol.